The zero-order valence-electron chi connectivity index (χ0n) is 12.6. The van der Waals surface area contributed by atoms with Crippen molar-refractivity contribution >= 4 is 11.9 Å². The third-order valence-corrected chi connectivity index (χ3v) is 3.78. The van der Waals surface area contributed by atoms with Crippen molar-refractivity contribution in [1.29, 1.82) is 0 Å². The Morgan fingerprint density at radius 2 is 2.05 bits per heavy atom. The molecule has 1 heterocycles. The number of hydrogen-bond donors (Lipinski definition) is 1. The van der Waals surface area contributed by atoms with Crippen LogP contribution in [-0.2, 0) is 20.9 Å². The van der Waals surface area contributed by atoms with E-state index in [1.165, 1.54) is 12.7 Å². The number of hydrogen-bond acceptors (Lipinski definition) is 4. The highest BCUT2D eigenvalue weighted by Gasteiger charge is 2.29. The van der Waals surface area contributed by atoms with Gasteiger partial charge in [-0.2, -0.15) is 0 Å². The molecule has 1 aliphatic heterocycles. The number of rotatable bonds is 5. The fraction of sp³-hybridized carbons (Fsp3) is 0.500. The molecule has 0 spiro atoms. The Hall–Kier alpha value is -1.88. The number of nitrogens with zero attached hydrogens (tertiary/aromatic N) is 1. The highest BCUT2D eigenvalue weighted by Crippen LogP contribution is 2.16. The van der Waals surface area contributed by atoms with Crippen molar-refractivity contribution in [3.05, 3.63) is 35.4 Å². The quantitative estimate of drug-likeness (QED) is 0.825. The Balaban J connectivity index is 1.73. The van der Waals surface area contributed by atoms with Crippen LogP contribution >= 0.6 is 0 Å². The van der Waals surface area contributed by atoms with Crippen LogP contribution in [0, 0.1) is 12.8 Å². The van der Waals surface area contributed by atoms with E-state index in [9.17, 15) is 9.59 Å². The van der Waals surface area contributed by atoms with Crippen molar-refractivity contribution in [1.82, 2.24) is 10.2 Å². The van der Waals surface area contributed by atoms with E-state index < -0.39 is 0 Å². The molecule has 1 unspecified atom stereocenters. The molecule has 2 rings (SSSR count). The van der Waals surface area contributed by atoms with Crippen molar-refractivity contribution in [3.63, 3.8) is 0 Å². The third kappa shape index (κ3) is 4.56. The molecule has 0 aliphatic carbocycles. The zero-order valence-corrected chi connectivity index (χ0v) is 12.6. The SMILES string of the molecule is COC(=O)C1CCN(CC(=O)NCc2ccc(C)cc2)C1. The molecule has 5 nitrogen and oxygen atoms in total. The lowest BCUT2D eigenvalue weighted by molar-refractivity contribution is -0.145. The number of carbonyl (C=O) groups is 2. The number of likely N-dealkylation sites (tertiary alicyclic amines) is 1. The van der Waals surface area contributed by atoms with Gasteiger partial charge in [0.2, 0.25) is 5.91 Å². The van der Waals surface area contributed by atoms with E-state index in [4.69, 9.17) is 4.74 Å². The van der Waals surface area contributed by atoms with Crippen LogP contribution in [0.15, 0.2) is 24.3 Å². The first-order chi connectivity index (χ1) is 10.1. The zero-order chi connectivity index (χ0) is 15.2. The van der Waals surface area contributed by atoms with E-state index in [0.29, 0.717) is 19.6 Å². The molecule has 0 aromatic heterocycles. The second kappa shape index (κ2) is 7.22. The Labute approximate surface area is 125 Å². The smallest absolute Gasteiger partial charge is 0.310 e. The van der Waals surface area contributed by atoms with E-state index >= 15 is 0 Å². The molecule has 1 saturated heterocycles. The molecule has 21 heavy (non-hydrogen) atoms. The van der Waals surface area contributed by atoms with Crippen molar-refractivity contribution in [3.8, 4) is 0 Å². The lowest BCUT2D eigenvalue weighted by atomic mass is 10.1. The number of methoxy groups -OCH3 is 1. The van der Waals surface area contributed by atoms with Crippen molar-refractivity contribution in [2.45, 2.75) is 19.9 Å². The van der Waals surface area contributed by atoms with Crippen LogP contribution in [0.5, 0.6) is 0 Å². The number of aryl methyl sites for hydroxylation is 1. The van der Waals surface area contributed by atoms with Crippen LogP contribution in [0.2, 0.25) is 0 Å². The number of carbonyl (C=O) groups excluding carboxylic acids is 2. The molecular weight excluding hydrogens is 268 g/mol. The average molecular weight is 290 g/mol. The number of ether oxygens (including phenoxy) is 1. The van der Waals surface area contributed by atoms with E-state index in [1.807, 2.05) is 36.1 Å². The summed E-state index contributed by atoms with van der Waals surface area (Å²) in [6.45, 7) is 4.27. The Morgan fingerprint density at radius 1 is 1.33 bits per heavy atom. The van der Waals surface area contributed by atoms with Gasteiger partial charge in [-0.3, -0.25) is 14.5 Å². The van der Waals surface area contributed by atoms with Crippen LogP contribution in [0.1, 0.15) is 17.5 Å². The van der Waals surface area contributed by atoms with Gasteiger partial charge in [0.1, 0.15) is 0 Å². The van der Waals surface area contributed by atoms with E-state index in [-0.39, 0.29) is 17.8 Å². The van der Waals surface area contributed by atoms with Gasteiger partial charge in [-0.25, -0.2) is 0 Å². The summed E-state index contributed by atoms with van der Waals surface area (Å²) < 4.78 is 4.74. The molecule has 1 aromatic carbocycles. The maximum absolute atomic E-state index is 11.9. The average Bonchev–Trinajstić information content (AvgIpc) is 2.94. The van der Waals surface area contributed by atoms with Crippen LogP contribution < -0.4 is 5.32 Å². The van der Waals surface area contributed by atoms with Gasteiger partial charge in [0.25, 0.3) is 0 Å². The molecule has 5 heteroatoms. The van der Waals surface area contributed by atoms with Gasteiger partial charge < -0.3 is 10.1 Å². The maximum Gasteiger partial charge on any atom is 0.310 e. The highest BCUT2D eigenvalue weighted by atomic mass is 16.5. The first kappa shape index (κ1) is 15.5. The Bertz CT molecular complexity index is 499. The highest BCUT2D eigenvalue weighted by molar-refractivity contribution is 5.78. The minimum absolute atomic E-state index is 0.0129. The summed E-state index contributed by atoms with van der Waals surface area (Å²) in [5.41, 5.74) is 2.29. The summed E-state index contributed by atoms with van der Waals surface area (Å²) in [7, 11) is 1.40. The van der Waals surface area contributed by atoms with Gasteiger partial charge in [0, 0.05) is 13.1 Å². The van der Waals surface area contributed by atoms with E-state index in [0.717, 1.165) is 18.5 Å². The monoisotopic (exact) mass is 290 g/mol. The fourth-order valence-corrected chi connectivity index (χ4v) is 2.50. The van der Waals surface area contributed by atoms with Crippen LogP contribution in [0.25, 0.3) is 0 Å². The minimum atomic E-state index is -0.183. The molecule has 114 valence electrons. The Morgan fingerprint density at radius 3 is 2.71 bits per heavy atom. The molecule has 0 bridgehead atoms. The second-order valence-corrected chi connectivity index (χ2v) is 5.51. The van der Waals surface area contributed by atoms with Crippen LogP contribution in [0.3, 0.4) is 0 Å². The first-order valence-corrected chi connectivity index (χ1v) is 7.21. The van der Waals surface area contributed by atoms with Gasteiger partial charge >= 0.3 is 5.97 Å². The van der Waals surface area contributed by atoms with Gasteiger partial charge in [0.05, 0.1) is 19.6 Å². The molecule has 1 atom stereocenters. The topological polar surface area (TPSA) is 58.6 Å². The summed E-state index contributed by atoms with van der Waals surface area (Å²) >= 11 is 0. The largest absolute Gasteiger partial charge is 0.469 e. The summed E-state index contributed by atoms with van der Waals surface area (Å²) in [6, 6.07) is 8.09. The lowest BCUT2D eigenvalue weighted by Crippen LogP contribution is -2.36. The normalized spacial score (nSPS) is 18.5. The van der Waals surface area contributed by atoms with Crippen molar-refractivity contribution in [2.24, 2.45) is 5.92 Å². The Kier molecular flexibility index (Phi) is 5.33. The summed E-state index contributed by atoms with van der Waals surface area (Å²) in [6.07, 6.45) is 0.762. The summed E-state index contributed by atoms with van der Waals surface area (Å²) in [5.74, 6) is -0.293. The van der Waals surface area contributed by atoms with Gasteiger partial charge in [0.15, 0.2) is 0 Å². The van der Waals surface area contributed by atoms with Gasteiger partial charge in [-0.15, -0.1) is 0 Å². The number of nitrogens with one attached hydrogen (secondary N) is 1. The molecule has 1 amide bonds. The molecule has 1 fully saturated rings. The molecular formula is C16H22N2O3. The fourth-order valence-electron chi connectivity index (χ4n) is 2.50. The number of benzene rings is 1. The van der Waals surface area contributed by atoms with Crippen molar-refractivity contribution in [2.75, 3.05) is 26.7 Å². The lowest BCUT2D eigenvalue weighted by Gasteiger charge is -2.15. The predicted molar refractivity (Wildman–Crippen MR) is 79.6 cm³/mol. The van der Waals surface area contributed by atoms with E-state index in [2.05, 4.69) is 5.32 Å². The minimum Gasteiger partial charge on any atom is -0.469 e. The number of esters is 1. The molecule has 0 saturated carbocycles. The summed E-state index contributed by atoms with van der Waals surface area (Å²) in [5, 5.41) is 2.91. The van der Waals surface area contributed by atoms with Gasteiger partial charge in [-0.1, -0.05) is 29.8 Å². The molecule has 1 aromatic rings. The predicted octanol–water partition coefficient (Wildman–Crippen LogP) is 1.11. The molecule has 0 radical (unpaired) electrons. The standard InChI is InChI=1S/C16H22N2O3/c1-12-3-5-13(6-4-12)9-17-15(19)11-18-8-7-14(10-18)16(20)21-2/h3-6,14H,7-11H2,1-2H3,(H,17,19). The number of amides is 1. The second-order valence-electron chi connectivity index (χ2n) is 5.51. The van der Waals surface area contributed by atoms with E-state index in [1.54, 1.807) is 0 Å². The maximum atomic E-state index is 11.9. The van der Waals surface area contributed by atoms with Crippen molar-refractivity contribution < 1.29 is 14.3 Å². The van der Waals surface area contributed by atoms with Crippen LogP contribution in [0.4, 0.5) is 0 Å². The third-order valence-electron chi connectivity index (χ3n) is 3.78. The molecule has 1 N–H and O–H groups in total. The van der Waals surface area contributed by atoms with Crippen LogP contribution in [-0.4, -0.2) is 43.5 Å². The van der Waals surface area contributed by atoms with Gasteiger partial charge in [-0.05, 0) is 25.5 Å². The summed E-state index contributed by atoms with van der Waals surface area (Å²) in [4.78, 5) is 25.3. The first-order valence-electron chi connectivity index (χ1n) is 7.21. The molecule has 1 aliphatic rings.